The minimum Gasteiger partial charge on any atom is -0.300 e. The third kappa shape index (κ3) is 14.8. The second-order valence-corrected chi connectivity index (χ2v) is 16.3. The first-order valence-corrected chi connectivity index (χ1v) is 15.1. The Morgan fingerprint density at radius 1 is 0.405 bits per heavy atom. The lowest BCUT2D eigenvalue weighted by Gasteiger charge is -2.40. The van der Waals surface area contributed by atoms with Crippen LogP contribution in [0, 0.1) is 10.8 Å². The van der Waals surface area contributed by atoms with Crippen molar-refractivity contribution in [1.82, 2.24) is 10.6 Å². The van der Waals surface area contributed by atoms with Gasteiger partial charge in [-0.25, -0.2) is 0 Å². The van der Waals surface area contributed by atoms with E-state index >= 15 is 0 Å². The molecule has 4 nitrogen and oxygen atoms in total. The molecule has 4 heteroatoms. The fourth-order valence-electron chi connectivity index (χ4n) is 5.97. The summed E-state index contributed by atoms with van der Waals surface area (Å²) in [4.78, 5) is 26.4. The van der Waals surface area contributed by atoms with E-state index in [1.54, 1.807) is 0 Å². The van der Waals surface area contributed by atoms with Crippen molar-refractivity contribution in [2.45, 2.75) is 190 Å². The zero-order chi connectivity index (χ0) is 29.3. The largest absolute Gasteiger partial charge is 0.300 e. The lowest BCUT2D eigenvalue weighted by atomic mass is 9.75. The standard InChI is InChI=1S/C33H66N2O2/c1-28(2,3)26(36)32(13,34-30(7,8)9)24-22-20-18-16-15-17-19-21-23-25-33(14,35-31(10,11)12)27(37)29(4,5)6/h34-35H,15-25H2,1-14H3/t32-,33+. The van der Waals surface area contributed by atoms with Crippen molar-refractivity contribution in [3.63, 3.8) is 0 Å². The van der Waals surface area contributed by atoms with Crippen LogP contribution in [0.15, 0.2) is 0 Å². The smallest absolute Gasteiger partial charge is 0.157 e. The topological polar surface area (TPSA) is 58.2 Å². The molecule has 0 aliphatic rings. The van der Waals surface area contributed by atoms with E-state index < -0.39 is 11.1 Å². The molecule has 0 aliphatic carbocycles. The first-order chi connectivity index (χ1) is 16.4. The summed E-state index contributed by atoms with van der Waals surface area (Å²) in [6, 6.07) is 0. The van der Waals surface area contributed by atoms with E-state index in [1.807, 2.05) is 41.5 Å². The highest BCUT2D eigenvalue weighted by Gasteiger charge is 2.42. The number of hydrogen-bond donors (Lipinski definition) is 2. The van der Waals surface area contributed by atoms with E-state index in [2.05, 4.69) is 66.0 Å². The number of unbranched alkanes of at least 4 members (excludes halogenated alkanes) is 8. The molecule has 0 rings (SSSR count). The molecule has 37 heavy (non-hydrogen) atoms. The Balaban J connectivity index is 4.41. The van der Waals surface area contributed by atoms with Crippen LogP contribution in [0.25, 0.3) is 0 Å². The zero-order valence-electron chi connectivity index (χ0n) is 27.6. The van der Waals surface area contributed by atoms with Gasteiger partial charge < -0.3 is 10.6 Å². The molecule has 0 aromatic heterocycles. The van der Waals surface area contributed by atoms with Gasteiger partial charge in [0.25, 0.3) is 0 Å². The van der Waals surface area contributed by atoms with Crippen molar-refractivity contribution < 1.29 is 9.59 Å². The molecule has 0 spiro atoms. The lowest BCUT2D eigenvalue weighted by molar-refractivity contribution is -0.134. The lowest BCUT2D eigenvalue weighted by Crippen LogP contribution is -2.59. The predicted octanol–water partition coefficient (Wildman–Crippen LogP) is 8.80. The summed E-state index contributed by atoms with van der Waals surface area (Å²) in [5.41, 5.74) is -1.80. The van der Waals surface area contributed by atoms with Crippen LogP contribution in [-0.4, -0.2) is 33.7 Å². The average Bonchev–Trinajstić information content (AvgIpc) is 2.66. The Hall–Kier alpha value is -0.740. The van der Waals surface area contributed by atoms with Crippen molar-refractivity contribution in [1.29, 1.82) is 0 Å². The summed E-state index contributed by atoms with van der Waals surface area (Å²) in [5, 5.41) is 7.26. The minimum atomic E-state index is -0.471. The molecule has 0 bridgehead atoms. The Bertz CT molecular complexity index is 640. The molecule has 220 valence electrons. The second kappa shape index (κ2) is 14.1. The third-order valence-corrected chi connectivity index (χ3v) is 7.02. The molecule has 2 N–H and O–H groups in total. The molecule has 0 saturated heterocycles. The number of nitrogens with one attached hydrogen (secondary N) is 2. The van der Waals surface area contributed by atoms with Crippen LogP contribution in [0.5, 0.6) is 0 Å². The summed E-state index contributed by atoms with van der Waals surface area (Å²) < 4.78 is 0. The predicted molar refractivity (Wildman–Crippen MR) is 162 cm³/mol. The van der Waals surface area contributed by atoms with Crippen LogP contribution in [-0.2, 0) is 9.59 Å². The Labute approximate surface area is 232 Å². The molecule has 0 radical (unpaired) electrons. The van der Waals surface area contributed by atoms with Gasteiger partial charge in [0.15, 0.2) is 11.6 Å². The van der Waals surface area contributed by atoms with E-state index in [1.165, 1.54) is 44.9 Å². The van der Waals surface area contributed by atoms with Crippen molar-refractivity contribution >= 4 is 11.6 Å². The zero-order valence-corrected chi connectivity index (χ0v) is 27.6. The van der Waals surface area contributed by atoms with Gasteiger partial charge in [-0.05, 0) is 68.2 Å². The fraction of sp³-hybridized carbons (Fsp3) is 0.939. The number of ketones is 2. The molecule has 0 heterocycles. The SMILES string of the molecule is CC(C)(C)N[C@](C)(CCCCCCCCCCC[C@](C)(NC(C)(C)C)C(=O)C(C)(C)C)C(=O)C(C)(C)C. The Kier molecular flexibility index (Phi) is 13.8. The van der Waals surface area contributed by atoms with Gasteiger partial charge in [0.1, 0.15) is 0 Å². The first-order valence-electron chi connectivity index (χ1n) is 15.1. The van der Waals surface area contributed by atoms with Crippen molar-refractivity contribution in [2.75, 3.05) is 0 Å². The van der Waals surface area contributed by atoms with Gasteiger partial charge in [0.2, 0.25) is 0 Å². The Morgan fingerprint density at radius 2 is 0.622 bits per heavy atom. The summed E-state index contributed by atoms with van der Waals surface area (Å²) in [6.45, 7) is 29.2. The molecule has 0 amide bonds. The molecule has 0 aromatic rings. The molecule has 0 fully saturated rings. The van der Waals surface area contributed by atoms with E-state index in [4.69, 9.17) is 0 Å². The van der Waals surface area contributed by atoms with Gasteiger partial charge in [0, 0.05) is 21.9 Å². The van der Waals surface area contributed by atoms with Gasteiger partial charge in [-0.2, -0.15) is 0 Å². The average molecular weight is 523 g/mol. The normalized spacial score (nSPS) is 16.8. The van der Waals surface area contributed by atoms with Gasteiger partial charge in [0.05, 0.1) is 11.1 Å². The quantitative estimate of drug-likeness (QED) is 0.199. The maximum atomic E-state index is 13.2. The molecular formula is C33H66N2O2. The monoisotopic (exact) mass is 523 g/mol. The number of carbonyl (C=O) groups is 2. The van der Waals surface area contributed by atoms with Crippen LogP contribution < -0.4 is 10.6 Å². The molecule has 0 aliphatic heterocycles. The summed E-state index contributed by atoms with van der Waals surface area (Å²) in [5.74, 6) is 0.626. The van der Waals surface area contributed by atoms with Crippen LogP contribution in [0.1, 0.15) is 168 Å². The number of Topliss-reactive ketones (excluding diaryl/α,β-unsaturated/α-hetero) is 2. The van der Waals surface area contributed by atoms with E-state index in [0.717, 1.165) is 25.7 Å². The maximum Gasteiger partial charge on any atom is 0.157 e. The van der Waals surface area contributed by atoms with Gasteiger partial charge >= 0.3 is 0 Å². The fourth-order valence-corrected chi connectivity index (χ4v) is 5.97. The number of hydrogen-bond acceptors (Lipinski definition) is 4. The number of carbonyl (C=O) groups excluding carboxylic acids is 2. The van der Waals surface area contributed by atoms with Crippen LogP contribution in [0.4, 0.5) is 0 Å². The minimum absolute atomic E-state index is 0.0874. The molecule has 0 saturated carbocycles. The van der Waals surface area contributed by atoms with E-state index in [-0.39, 0.29) is 21.9 Å². The van der Waals surface area contributed by atoms with Crippen molar-refractivity contribution in [2.24, 2.45) is 10.8 Å². The Morgan fingerprint density at radius 3 is 0.811 bits per heavy atom. The van der Waals surface area contributed by atoms with Gasteiger partial charge in [-0.3, -0.25) is 9.59 Å². The van der Waals surface area contributed by atoms with E-state index in [0.29, 0.717) is 11.6 Å². The molecule has 0 unspecified atom stereocenters. The van der Waals surface area contributed by atoms with Crippen LogP contribution in [0.3, 0.4) is 0 Å². The first kappa shape index (κ1) is 36.3. The highest BCUT2D eigenvalue weighted by Crippen LogP contribution is 2.31. The van der Waals surface area contributed by atoms with Crippen molar-refractivity contribution in [3.8, 4) is 0 Å². The number of rotatable bonds is 16. The second-order valence-electron chi connectivity index (χ2n) is 16.3. The van der Waals surface area contributed by atoms with E-state index in [9.17, 15) is 9.59 Å². The summed E-state index contributed by atoms with van der Waals surface area (Å²) in [7, 11) is 0. The molecular weight excluding hydrogens is 456 g/mol. The van der Waals surface area contributed by atoms with Crippen molar-refractivity contribution in [3.05, 3.63) is 0 Å². The molecule has 2 atom stereocenters. The molecule has 0 aromatic carbocycles. The highest BCUT2D eigenvalue weighted by atomic mass is 16.1. The van der Waals surface area contributed by atoms with Crippen LogP contribution in [0.2, 0.25) is 0 Å². The maximum absolute atomic E-state index is 13.2. The third-order valence-electron chi connectivity index (χ3n) is 7.02. The summed E-state index contributed by atoms with van der Waals surface area (Å²) in [6.07, 6.45) is 12.6. The van der Waals surface area contributed by atoms with Gasteiger partial charge in [-0.1, -0.05) is 99.3 Å². The van der Waals surface area contributed by atoms with Crippen LogP contribution >= 0.6 is 0 Å². The summed E-state index contributed by atoms with van der Waals surface area (Å²) >= 11 is 0. The van der Waals surface area contributed by atoms with Gasteiger partial charge in [-0.15, -0.1) is 0 Å². The highest BCUT2D eigenvalue weighted by molar-refractivity contribution is 5.93.